The molecule has 2 amide bonds. The van der Waals surface area contributed by atoms with Crippen molar-refractivity contribution in [3.8, 4) is 0 Å². The van der Waals surface area contributed by atoms with Gasteiger partial charge in [0.1, 0.15) is 13.1 Å². The average molecular weight is 491 g/mol. The summed E-state index contributed by atoms with van der Waals surface area (Å²) in [5, 5.41) is 6.13. The number of amides is 2. The third-order valence-electron chi connectivity index (χ3n) is 5.42. The van der Waals surface area contributed by atoms with Crippen molar-refractivity contribution in [2.24, 2.45) is 0 Å². The molecule has 9 heteroatoms. The molecule has 4 aromatic rings. The summed E-state index contributed by atoms with van der Waals surface area (Å²) in [6, 6.07) is 22.8. The lowest BCUT2D eigenvalue weighted by atomic mass is 10.1. The fourth-order valence-electron chi connectivity index (χ4n) is 3.76. The van der Waals surface area contributed by atoms with Gasteiger partial charge in [-0.25, -0.2) is 4.79 Å². The van der Waals surface area contributed by atoms with Gasteiger partial charge in [-0.3, -0.25) is 23.5 Å². The summed E-state index contributed by atoms with van der Waals surface area (Å²) >= 11 is 5.97. The van der Waals surface area contributed by atoms with Crippen LogP contribution >= 0.6 is 11.6 Å². The summed E-state index contributed by atoms with van der Waals surface area (Å²) in [4.78, 5) is 51.5. The molecule has 0 saturated carbocycles. The van der Waals surface area contributed by atoms with E-state index >= 15 is 0 Å². The molecule has 0 unspecified atom stereocenters. The number of carbonyl (C=O) groups is 2. The average Bonchev–Trinajstić information content (AvgIpc) is 2.85. The zero-order valence-corrected chi connectivity index (χ0v) is 19.5. The molecule has 178 valence electrons. The number of fused-ring (bicyclic) bond motifs is 1. The first kappa shape index (κ1) is 24.0. The van der Waals surface area contributed by atoms with Crippen molar-refractivity contribution in [2.45, 2.75) is 19.5 Å². The molecule has 1 heterocycles. The highest BCUT2D eigenvalue weighted by Gasteiger charge is 2.17. The molecule has 0 atom stereocenters. The molecular weight excluding hydrogens is 468 g/mol. The first-order chi connectivity index (χ1) is 16.9. The monoisotopic (exact) mass is 490 g/mol. The Hall–Kier alpha value is -4.17. The highest BCUT2D eigenvalue weighted by Crippen LogP contribution is 2.15. The topological polar surface area (TPSA) is 102 Å². The number of rotatable bonds is 8. The number of anilines is 1. The van der Waals surface area contributed by atoms with Crippen LogP contribution in [0.2, 0.25) is 5.02 Å². The van der Waals surface area contributed by atoms with E-state index in [0.29, 0.717) is 29.2 Å². The molecule has 0 radical (unpaired) electrons. The van der Waals surface area contributed by atoms with Crippen LogP contribution in [0.1, 0.15) is 5.56 Å². The molecule has 0 spiro atoms. The van der Waals surface area contributed by atoms with Gasteiger partial charge >= 0.3 is 5.69 Å². The smallest absolute Gasteiger partial charge is 0.332 e. The molecule has 8 nitrogen and oxygen atoms in total. The lowest BCUT2D eigenvalue weighted by molar-refractivity contribution is -0.121. The van der Waals surface area contributed by atoms with Crippen LogP contribution in [0, 0.1) is 0 Å². The second-order valence-corrected chi connectivity index (χ2v) is 8.36. The Morgan fingerprint density at radius 1 is 0.800 bits per heavy atom. The molecule has 2 N–H and O–H groups in total. The number of hydrogen-bond donors (Lipinski definition) is 2. The van der Waals surface area contributed by atoms with E-state index < -0.39 is 29.6 Å². The van der Waals surface area contributed by atoms with Crippen molar-refractivity contribution < 1.29 is 9.59 Å². The normalized spacial score (nSPS) is 10.8. The van der Waals surface area contributed by atoms with Gasteiger partial charge in [0.15, 0.2) is 0 Å². The molecule has 3 aromatic carbocycles. The Morgan fingerprint density at radius 3 is 2.29 bits per heavy atom. The van der Waals surface area contributed by atoms with Gasteiger partial charge in [-0.15, -0.1) is 0 Å². The van der Waals surface area contributed by atoms with Crippen molar-refractivity contribution in [1.29, 1.82) is 0 Å². The van der Waals surface area contributed by atoms with Crippen LogP contribution in [0.5, 0.6) is 0 Å². The van der Waals surface area contributed by atoms with E-state index in [9.17, 15) is 19.2 Å². The van der Waals surface area contributed by atoms with Crippen LogP contribution in [0.15, 0.2) is 88.5 Å². The first-order valence-corrected chi connectivity index (χ1v) is 11.4. The zero-order chi connectivity index (χ0) is 24.8. The van der Waals surface area contributed by atoms with Crippen molar-refractivity contribution in [1.82, 2.24) is 14.5 Å². The van der Waals surface area contributed by atoms with E-state index in [1.54, 1.807) is 48.5 Å². The Kier molecular flexibility index (Phi) is 7.42. The maximum atomic E-state index is 13.2. The summed E-state index contributed by atoms with van der Waals surface area (Å²) in [6.07, 6.45) is 0.618. The van der Waals surface area contributed by atoms with Gasteiger partial charge in [-0.05, 0) is 42.3 Å². The van der Waals surface area contributed by atoms with Crippen LogP contribution in [0.3, 0.4) is 0 Å². The van der Waals surface area contributed by atoms with Gasteiger partial charge in [0.05, 0.1) is 10.9 Å². The molecule has 1 aromatic heterocycles. The minimum atomic E-state index is -0.742. The van der Waals surface area contributed by atoms with E-state index in [2.05, 4.69) is 10.6 Å². The van der Waals surface area contributed by atoms with Gasteiger partial charge < -0.3 is 10.6 Å². The second kappa shape index (κ2) is 10.8. The SMILES string of the molecule is O=C(Cn1c(=O)c2ccccc2n(CC(=O)Nc2cccc(Cl)c2)c1=O)NCCc1ccccc1. The maximum Gasteiger partial charge on any atom is 0.332 e. The van der Waals surface area contributed by atoms with Crippen LogP contribution in [0.25, 0.3) is 10.9 Å². The Labute approximate surface area is 205 Å². The summed E-state index contributed by atoms with van der Waals surface area (Å²) in [7, 11) is 0. The van der Waals surface area contributed by atoms with Crippen LogP contribution in [0.4, 0.5) is 5.69 Å². The van der Waals surface area contributed by atoms with Gasteiger partial charge in [-0.1, -0.05) is 60.1 Å². The number of benzene rings is 3. The fourth-order valence-corrected chi connectivity index (χ4v) is 3.95. The molecule has 0 aliphatic rings. The first-order valence-electron chi connectivity index (χ1n) is 11.0. The van der Waals surface area contributed by atoms with Gasteiger partial charge in [0.25, 0.3) is 5.56 Å². The third kappa shape index (κ3) is 5.85. The molecule has 0 aliphatic carbocycles. The van der Waals surface area contributed by atoms with Crippen LogP contribution in [-0.2, 0) is 29.1 Å². The summed E-state index contributed by atoms with van der Waals surface area (Å²) < 4.78 is 2.04. The van der Waals surface area contributed by atoms with Gasteiger partial charge in [-0.2, -0.15) is 0 Å². The lowest BCUT2D eigenvalue weighted by Crippen LogP contribution is -2.45. The highest BCUT2D eigenvalue weighted by atomic mass is 35.5. The quantitative estimate of drug-likeness (QED) is 0.396. The molecule has 0 saturated heterocycles. The largest absolute Gasteiger partial charge is 0.354 e. The predicted molar refractivity (Wildman–Crippen MR) is 136 cm³/mol. The maximum absolute atomic E-state index is 13.2. The van der Waals surface area contributed by atoms with Crippen molar-refractivity contribution >= 4 is 40.0 Å². The van der Waals surface area contributed by atoms with E-state index in [4.69, 9.17) is 11.6 Å². The van der Waals surface area contributed by atoms with Crippen LogP contribution < -0.4 is 21.9 Å². The Balaban J connectivity index is 1.56. The minimum Gasteiger partial charge on any atom is -0.354 e. The number of nitrogens with one attached hydrogen (secondary N) is 2. The van der Waals surface area contributed by atoms with Crippen LogP contribution in [-0.4, -0.2) is 27.5 Å². The number of hydrogen-bond acceptors (Lipinski definition) is 4. The third-order valence-corrected chi connectivity index (χ3v) is 5.66. The number of nitrogens with zero attached hydrogens (tertiary/aromatic N) is 2. The number of aromatic nitrogens is 2. The highest BCUT2D eigenvalue weighted by molar-refractivity contribution is 6.30. The fraction of sp³-hybridized carbons (Fsp3) is 0.154. The van der Waals surface area contributed by atoms with Crippen molar-refractivity contribution in [3.63, 3.8) is 0 Å². The lowest BCUT2D eigenvalue weighted by Gasteiger charge is -2.14. The number of carbonyl (C=O) groups excluding carboxylic acids is 2. The van der Waals surface area contributed by atoms with Gasteiger partial charge in [0.2, 0.25) is 11.8 Å². The predicted octanol–water partition coefficient (Wildman–Crippen LogP) is 2.81. The van der Waals surface area contributed by atoms with Gasteiger partial charge in [0, 0.05) is 17.3 Å². The summed E-state index contributed by atoms with van der Waals surface area (Å²) in [6.45, 7) is -0.434. The molecule has 0 fully saturated rings. The van der Waals surface area contributed by atoms with E-state index in [1.165, 1.54) is 4.57 Å². The van der Waals surface area contributed by atoms with E-state index in [0.717, 1.165) is 10.1 Å². The van der Waals surface area contributed by atoms with E-state index in [-0.39, 0.29) is 11.9 Å². The van der Waals surface area contributed by atoms with Crippen molar-refractivity contribution in [3.05, 3.63) is 110 Å². The molecule has 0 aliphatic heterocycles. The minimum absolute atomic E-state index is 0.236. The summed E-state index contributed by atoms with van der Waals surface area (Å²) in [5.74, 6) is -0.942. The molecule has 4 rings (SSSR count). The van der Waals surface area contributed by atoms with Crippen molar-refractivity contribution in [2.75, 3.05) is 11.9 Å². The summed E-state index contributed by atoms with van der Waals surface area (Å²) in [5.41, 5.74) is 0.516. The zero-order valence-electron chi connectivity index (χ0n) is 18.7. The van der Waals surface area contributed by atoms with E-state index in [1.807, 2.05) is 30.3 Å². The Bertz CT molecular complexity index is 1500. The number of para-hydroxylation sites is 1. The number of halogens is 1. The standard InChI is InChI=1S/C26H23ClN4O4/c27-19-9-6-10-20(15-19)29-24(33)17-30-22-12-5-4-11-21(22)25(34)31(26(30)35)16-23(32)28-14-13-18-7-2-1-3-8-18/h1-12,15H,13-14,16-17H2,(H,28,32)(H,29,33). The Morgan fingerprint density at radius 2 is 1.51 bits per heavy atom. The second-order valence-electron chi connectivity index (χ2n) is 7.92. The molecule has 35 heavy (non-hydrogen) atoms. The molecular formula is C26H23ClN4O4. The molecule has 0 bridgehead atoms.